The van der Waals surface area contributed by atoms with E-state index in [0.717, 1.165) is 0 Å². The van der Waals surface area contributed by atoms with Crippen molar-refractivity contribution in [3.63, 3.8) is 0 Å². The number of benzene rings is 2. The van der Waals surface area contributed by atoms with E-state index in [1.54, 1.807) is 0 Å². The molecule has 2 aromatic carbocycles. The fourth-order valence-corrected chi connectivity index (χ4v) is 2.65. The van der Waals surface area contributed by atoms with Crippen LogP contribution in [0.3, 0.4) is 0 Å². The summed E-state index contributed by atoms with van der Waals surface area (Å²) in [5, 5.41) is 0. The molecule has 125 valence electrons. The minimum atomic E-state index is 0. The zero-order chi connectivity index (χ0) is 14.7. The van der Waals surface area contributed by atoms with Gasteiger partial charge >= 0.3 is 22.4 Å². The molecule has 4 heteroatoms. The monoisotopic (exact) mass is 419 g/mol. The summed E-state index contributed by atoms with van der Waals surface area (Å²) in [5.74, 6) is 0. The van der Waals surface area contributed by atoms with E-state index in [9.17, 15) is 0 Å². The Kier molecular flexibility index (Phi) is 7.93. The Hall–Kier alpha value is -1.19. The molecule has 1 radical (unpaired) electrons. The third-order valence-electron chi connectivity index (χ3n) is 4.14. The van der Waals surface area contributed by atoms with Gasteiger partial charge in [-0.3, -0.25) is 0 Å². The maximum atomic E-state index is 2.26. The molecule has 0 aromatic heterocycles. The van der Waals surface area contributed by atoms with Gasteiger partial charge in [-0.25, -0.2) is 0 Å². The van der Waals surface area contributed by atoms with Gasteiger partial charge in [-0.15, -0.1) is 0 Å². The van der Waals surface area contributed by atoms with E-state index in [-0.39, 0.29) is 34.8 Å². The normalized spacial score (nSPS) is 15.6. The number of rotatable bonds is 4. The predicted molar refractivity (Wildman–Crippen MR) is 86.8 cm³/mol. The van der Waals surface area contributed by atoms with E-state index in [2.05, 4.69) is 103 Å². The quantitative estimate of drug-likeness (QED) is 0.695. The summed E-state index contributed by atoms with van der Waals surface area (Å²) in [7, 11) is 0. The van der Waals surface area contributed by atoms with Gasteiger partial charge in [-0.2, -0.15) is 0 Å². The fourth-order valence-electron chi connectivity index (χ4n) is 2.65. The van der Waals surface area contributed by atoms with Crippen molar-refractivity contribution in [2.24, 2.45) is 0 Å². The molecular weight excluding hydrogens is 400 g/mol. The van der Waals surface area contributed by atoms with Crippen LogP contribution in [0, 0.1) is 6.67 Å². The van der Waals surface area contributed by atoms with Gasteiger partial charge in [-0.05, 0) is 25.0 Å². The number of halogens is 1. The smallest absolute Gasteiger partial charge is 1.00 e. The van der Waals surface area contributed by atoms with Crippen molar-refractivity contribution in [3.8, 4) is 0 Å². The summed E-state index contributed by atoms with van der Waals surface area (Å²) in [6.45, 7) is 6.65. The standard InChI is InChI=1S/C19H21N2.Ag.ClH/c1-16(18-9-5-3-6-10-18)20-13-14-21(15-20)17(2)19-11-7-4-8-12-19;;/h3-17H,1-2H3;;1H/q;+1;/p-1/t16-,17-;;/m0../s1. The number of hydrogen-bond donors (Lipinski definition) is 0. The Balaban J connectivity index is 0.00000132. The molecule has 0 amide bonds. The molecule has 1 heterocycles. The van der Waals surface area contributed by atoms with Crippen LogP contribution in [0.15, 0.2) is 73.1 Å². The Labute approximate surface area is 161 Å². The van der Waals surface area contributed by atoms with Crippen molar-refractivity contribution in [2.45, 2.75) is 25.9 Å². The van der Waals surface area contributed by atoms with E-state index in [4.69, 9.17) is 0 Å². The second-order valence-electron chi connectivity index (χ2n) is 5.48. The minimum absolute atomic E-state index is 0. The summed E-state index contributed by atoms with van der Waals surface area (Å²) in [5.41, 5.74) is 2.65. The van der Waals surface area contributed by atoms with Crippen LogP contribution in [0.5, 0.6) is 0 Å². The summed E-state index contributed by atoms with van der Waals surface area (Å²) < 4.78 is 0. The SMILES string of the molecule is C[C@@H](c1ccccc1)N1[CH]N([C@@H](C)c2ccccc2)C=C1.[Ag+].[Cl-]. The summed E-state index contributed by atoms with van der Waals surface area (Å²) in [4.78, 5) is 4.52. The molecule has 0 saturated heterocycles. The van der Waals surface area contributed by atoms with Crippen LogP contribution in [-0.2, 0) is 22.4 Å². The first-order chi connectivity index (χ1) is 10.3. The summed E-state index contributed by atoms with van der Waals surface area (Å²) in [6, 6.07) is 21.9. The fraction of sp³-hybridized carbons (Fsp3) is 0.211. The zero-order valence-electron chi connectivity index (χ0n) is 13.2. The van der Waals surface area contributed by atoms with E-state index in [0.29, 0.717) is 12.1 Å². The Morgan fingerprint density at radius 1 is 0.652 bits per heavy atom. The van der Waals surface area contributed by atoms with Gasteiger partial charge < -0.3 is 22.2 Å². The van der Waals surface area contributed by atoms with Crippen LogP contribution in [0.1, 0.15) is 37.1 Å². The average Bonchev–Trinajstić information content (AvgIpc) is 3.05. The van der Waals surface area contributed by atoms with Gasteiger partial charge in [0.25, 0.3) is 0 Å². The van der Waals surface area contributed by atoms with Gasteiger partial charge in [0.1, 0.15) is 6.67 Å². The van der Waals surface area contributed by atoms with Crippen molar-refractivity contribution in [2.75, 3.05) is 0 Å². The summed E-state index contributed by atoms with van der Waals surface area (Å²) in [6.07, 6.45) is 4.30. The Morgan fingerprint density at radius 2 is 1.00 bits per heavy atom. The molecule has 0 unspecified atom stereocenters. The topological polar surface area (TPSA) is 6.48 Å². The van der Waals surface area contributed by atoms with E-state index < -0.39 is 0 Å². The third-order valence-corrected chi connectivity index (χ3v) is 4.14. The second kappa shape index (κ2) is 9.19. The second-order valence-corrected chi connectivity index (χ2v) is 5.48. The van der Waals surface area contributed by atoms with Gasteiger partial charge in [0.15, 0.2) is 0 Å². The zero-order valence-corrected chi connectivity index (χ0v) is 15.5. The predicted octanol–water partition coefficient (Wildman–Crippen LogP) is 1.72. The van der Waals surface area contributed by atoms with E-state index in [1.165, 1.54) is 11.1 Å². The maximum Gasteiger partial charge on any atom is 1.00 e. The van der Waals surface area contributed by atoms with Crippen LogP contribution in [-0.4, -0.2) is 9.80 Å². The summed E-state index contributed by atoms with van der Waals surface area (Å²) >= 11 is 0. The van der Waals surface area contributed by atoms with Crippen LogP contribution in [0.2, 0.25) is 0 Å². The molecule has 0 aliphatic carbocycles. The molecule has 0 N–H and O–H groups in total. The van der Waals surface area contributed by atoms with Crippen molar-refractivity contribution >= 4 is 0 Å². The van der Waals surface area contributed by atoms with Gasteiger partial charge in [0, 0.05) is 12.4 Å². The molecule has 1 aliphatic rings. The molecule has 3 rings (SSSR count). The molecule has 2 nitrogen and oxygen atoms in total. The molecule has 0 saturated carbocycles. The minimum Gasteiger partial charge on any atom is -1.00 e. The first kappa shape index (κ1) is 19.9. The van der Waals surface area contributed by atoms with Crippen molar-refractivity contribution in [1.82, 2.24) is 9.80 Å². The molecule has 2 aromatic rings. The maximum absolute atomic E-state index is 2.26. The van der Waals surface area contributed by atoms with Crippen LogP contribution in [0.25, 0.3) is 0 Å². The molecule has 2 atom stereocenters. The molecule has 0 spiro atoms. The van der Waals surface area contributed by atoms with Crippen LogP contribution < -0.4 is 12.4 Å². The molecule has 1 aliphatic heterocycles. The third kappa shape index (κ3) is 4.65. The van der Waals surface area contributed by atoms with E-state index in [1.807, 2.05) is 0 Å². The molecular formula is C19H21AgClN2. The Bertz CT molecular complexity index is 550. The van der Waals surface area contributed by atoms with Gasteiger partial charge in [0.2, 0.25) is 0 Å². The van der Waals surface area contributed by atoms with Crippen molar-refractivity contribution < 1.29 is 34.8 Å². The molecule has 0 fully saturated rings. The largest absolute Gasteiger partial charge is 1.00 e. The van der Waals surface area contributed by atoms with Crippen molar-refractivity contribution in [1.29, 1.82) is 0 Å². The van der Waals surface area contributed by atoms with E-state index >= 15 is 0 Å². The molecule has 0 bridgehead atoms. The van der Waals surface area contributed by atoms with Gasteiger partial charge in [-0.1, -0.05) is 60.7 Å². The van der Waals surface area contributed by atoms with Gasteiger partial charge in [0.05, 0.1) is 12.1 Å². The number of hydrogen-bond acceptors (Lipinski definition) is 2. The first-order valence-corrected chi connectivity index (χ1v) is 7.44. The van der Waals surface area contributed by atoms with Crippen LogP contribution in [0.4, 0.5) is 0 Å². The molecule has 23 heavy (non-hydrogen) atoms. The first-order valence-electron chi connectivity index (χ1n) is 7.44. The van der Waals surface area contributed by atoms with Crippen LogP contribution >= 0.6 is 0 Å². The number of nitrogens with zero attached hydrogens (tertiary/aromatic N) is 2. The van der Waals surface area contributed by atoms with Crippen molar-refractivity contribution in [3.05, 3.63) is 90.9 Å². The Morgan fingerprint density at radius 3 is 1.35 bits per heavy atom. The average molecular weight is 421 g/mol.